The molecule has 0 N–H and O–H groups in total. The van der Waals surface area contributed by atoms with Gasteiger partial charge < -0.3 is 9.47 Å². The Morgan fingerprint density at radius 2 is 1.92 bits per heavy atom. The number of hydrogen-bond donors (Lipinski definition) is 0. The molecule has 1 aromatic rings. The second kappa shape index (κ2) is 8.04. The summed E-state index contributed by atoms with van der Waals surface area (Å²) in [7, 11) is 0.881. The Labute approximate surface area is 145 Å². The number of ether oxygens (including phenoxy) is 2. The normalized spacial score (nSPS) is 23.6. The summed E-state index contributed by atoms with van der Waals surface area (Å²) in [5.74, 6) is -1.50. The average Bonchev–Trinajstić information content (AvgIpc) is 2.80. The Morgan fingerprint density at radius 3 is 2.48 bits per heavy atom. The minimum absolute atomic E-state index is 0.0926. The fourth-order valence-electron chi connectivity index (χ4n) is 3.20. The van der Waals surface area contributed by atoms with E-state index >= 15 is 0 Å². The molecule has 0 saturated carbocycles. The fourth-order valence-corrected chi connectivity index (χ4v) is 3.20. The first kappa shape index (κ1) is 19.5. The van der Waals surface area contributed by atoms with E-state index in [4.69, 9.17) is 9.47 Å². The van der Waals surface area contributed by atoms with Crippen molar-refractivity contribution in [2.75, 3.05) is 7.11 Å². The van der Waals surface area contributed by atoms with E-state index in [0.717, 1.165) is 20.0 Å². The fraction of sp³-hybridized carbons (Fsp3) is 0.526. The van der Waals surface area contributed by atoms with E-state index in [1.807, 2.05) is 19.1 Å². The number of esters is 1. The number of methoxy groups -OCH3 is 1. The summed E-state index contributed by atoms with van der Waals surface area (Å²) >= 11 is 0. The summed E-state index contributed by atoms with van der Waals surface area (Å²) in [5.41, 5.74) is -3.41. The molecule has 0 aromatic heterocycles. The third-order valence-corrected chi connectivity index (χ3v) is 4.62. The minimum atomic E-state index is -4.94. The number of carbonyl (C=O) groups is 1. The Balaban J connectivity index is 2.37. The van der Waals surface area contributed by atoms with Gasteiger partial charge in [-0.1, -0.05) is 49.4 Å². The van der Waals surface area contributed by atoms with Crippen LogP contribution in [0, 0.1) is 5.92 Å². The Hall–Kier alpha value is -1.82. The van der Waals surface area contributed by atoms with Crippen molar-refractivity contribution in [3.05, 3.63) is 48.0 Å². The van der Waals surface area contributed by atoms with Crippen molar-refractivity contribution in [3.63, 3.8) is 0 Å². The van der Waals surface area contributed by atoms with E-state index in [2.05, 4.69) is 0 Å². The lowest BCUT2D eigenvalue weighted by molar-refractivity contribution is -0.278. The van der Waals surface area contributed by atoms with Crippen molar-refractivity contribution in [3.8, 4) is 0 Å². The van der Waals surface area contributed by atoms with Gasteiger partial charge in [0.05, 0.1) is 0 Å². The molecule has 3 atom stereocenters. The third-order valence-electron chi connectivity index (χ3n) is 4.62. The summed E-state index contributed by atoms with van der Waals surface area (Å²) in [5, 5.41) is 0. The van der Waals surface area contributed by atoms with Gasteiger partial charge in [0.1, 0.15) is 6.10 Å². The summed E-state index contributed by atoms with van der Waals surface area (Å²) in [6, 6.07) is 6.90. The standard InChI is InChI=1S/C19H23F3O3/c1-3-14-10-6-4-9-13-16(14)25-17(23)18(24-2,19(20,21)22)15-11-7-5-8-12-15/h5-8,10-12,14,16H,3-4,9,13H2,1-2H3/t14-,16?,18+/m0/s1. The molecular formula is C19H23F3O3. The van der Waals surface area contributed by atoms with Crippen LogP contribution >= 0.6 is 0 Å². The van der Waals surface area contributed by atoms with E-state index < -0.39 is 23.9 Å². The molecule has 3 nitrogen and oxygen atoms in total. The quantitative estimate of drug-likeness (QED) is 0.563. The molecule has 1 aliphatic rings. The molecule has 6 heteroatoms. The molecule has 138 valence electrons. The Kier molecular flexibility index (Phi) is 6.27. The van der Waals surface area contributed by atoms with Gasteiger partial charge in [-0.05, 0) is 25.7 Å². The smallest absolute Gasteiger partial charge is 0.432 e. The lowest BCUT2D eigenvalue weighted by atomic mass is 9.92. The topological polar surface area (TPSA) is 35.5 Å². The number of alkyl halides is 3. The van der Waals surface area contributed by atoms with Gasteiger partial charge >= 0.3 is 12.1 Å². The number of hydrogen-bond acceptors (Lipinski definition) is 3. The van der Waals surface area contributed by atoms with Gasteiger partial charge in [0.25, 0.3) is 5.60 Å². The number of carbonyl (C=O) groups excluding carboxylic acids is 1. The van der Waals surface area contributed by atoms with Crippen molar-refractivity contribution < 1.29 is 27.4 Å². The zero-order valence-electron chi connectivity index (χ0n) is 14.4. The van der Waals surface area contributed by atoms with E-state index in [1.54, 1.807) is 6.07 Å². The van der Waals surface area contributed by atoms with Gasteiger partial charge in [0, 0.05) is 18.6 Å². The molecule has 2 rings (SSSR count). The molecule has 0 heterocycles. The van der Waals surface area contributed by atoms with Crippen LogP contribution in [0.1, 0.15) is 38.2 Å². The predicted molar refractivity (Wildman–Crippen MR) is 87.8 cm³/mol. The van der Waals surface area contributed by atoms with Crippen molar-refractivity contribution in [1.82, 2.24) is 0 Å². The summed E-state index contributed by atoms with van der Waals surface area (Å²) in [6.45, 7) is 1.92. The molecule has 25 heavy (non-hydrogen) atoms. The van der Waals surface area contributed by atoms with Crippen molar-refractivity contribution in [2.45, 2.75) is 50.5 Å². The van der Waals surface area contributed by atoms with Crippen LogP contribution in [0.5, 0.6) is 0 Å². The predicted octanol–water partition coefficient (Wildman–Crippen LogP) is 4.77. The highest BCUT2D eigenvalue weighted by Crippen LogP contribution is 2.43. The van der Waals surface area contributed by atoms with Crippen LogP contribution in [0.4, 0.5) is 13.2 Å². The highest BCUT2D eigenvalue weighted by Gasteiger charge is 2.64. The van der Waals surface area contributed by atoms with Crippen LogP contribution < -0.4 is 0 Å². The maximum absolute atomic E-state index is 13.9. The molecule has 0 saturated heterocycles. The molecule has 1 aliphatic carbocycles. The monoisotopic (exact) mass is 356 g/mol. The molecule has 1 aromatic carbocycles. The Bertz CT molecular complexity index is 598. The first-order valence-corrected chi connectivity index (χ1v) is 8.42. The van der Waals surface area contributed by atoms with Gasteiger partial charge in [0.2, 0.25) is 0 Å². The number of allylic oxidation sites excluding steroid dienone is 1. The van der Waals surface area contributed by atoms with Crippen molar-refractivity contribution in [2.24, 2.45) is 5.92 Å². The number of halogens is 3. The Morgan fingerprint density at radius 1 is 1.24 bits per heavy atom. The first-order chi connectivity index (χ1) is 11.9. The number of benzene rings is 1. The summed E-state index contributed by atoms with van der Waals surface area (Å²) in [6.07, 6.45) is 1.21. The maximum atomic E-state index is 13.9. The van der Waals surface area contributed by atoms with Gasteiger partial charge in [0.15, 0.2) is 0 Å². The minimum Gasteiger partial charge on any atom is -0.459 e. The molecule has 1 unspecified atom stereocenters. The second-order valence-corrected chi connectivity index (χ2v) is 6.12. The van der Waals surface area contributed by atoms with E-state index in [9.17, 15) is 18.0 Å². The highest BCUT2D eigenvalue weighted by molar-refractivity contribution is 5.82. The molecule has 0 spiro atoms. The van der Waals surface area contributed by atoms with Crippen LogP contribution in [0.3, 0.4) is 0 Å². The molecule has 0 radical (unpaired) electrons. The van der Waals surface area contributed by atoms with Crippen LogP contribution in [0.2, 0.25) is 0 Å². The summed E-state index contributed by atoms with van der Waals surface area (Å²) < 4.78 is 51.8. The lowest BCUT2D eigenvalue weighted by Gasteiger charge is -2.34. The summed E-state index contributed by atoms with van der Waals surface area (Å²) in [4.78, 5) is 12.7. The van der Waals surface area contributed by atoms with E-state index in [1.165, 1.54) is 24.3 Å². The van der Waals surface area contributed by atoms with Crippen LogP contribution in [-0.4, -0.2) is 25.4 Å². The van der Waals surface area contributed by atoms with Gasteiger partial charge in [-0.3, -0.25) is 0 Å². The molecular weight excluding hydrogens is 333 g/mol. The third kappa shape index (κ3) is 3.89. The molecule has 0 fully saturated rings. The molecule has 0 amide bonds. The van der Waals surface area contributed by atoms with Crippen molar-refractivity contribution >= 4 is 5.97 Å². The van der Waals surface area contributed by atoms with Crippen LogP contribution in [-0.2, 0) is 19.9 Å². The SMILES string of the molecule is CC[C@H]1C=CCCCC1OC(=O)[C@](OC)(c1ccccc1)C(F)(F)F. The highest BCUT2D eigenvalue weighted by atomic mass is 19.4. The lowest BCUT2D eigenvalue weighted by Crippen LogP contribution is -2.52. The van der Waals surface area contributed by atoms with Gasteiger partial charge in [-0.15, -0.1) is 0 Å². The van der Waals surface area contributed by atoms with E-state index in [0.29, 0.717) is 12.8 Å². The first-order valence-electron chi connectivity index (χ1n) is 8.42. The van der Waals surface area contributed by atoms with Crippen LogP contribution in [0.25, 0.3) is 0 Å². The zero-order chi connectivity index (χ0) is 18.5. The maximum Gasteiger partial charge on any atom is 0.432 e. The number of rotatable bonds is 5. The van der Waals surface area contributed by atoms with Gasteiger partial charge in [-0.25, -0.2) is 4.79 Å². The van der Waals surface area contributed by atoms with E-state index in [-0.39, 0.29) is 11.5 Å². The van der Waals surface area contributed by atoms with Crippen molar-refractivity contribution in [1.29, 1.82) is 0 Å². The van der Waals surface area contributed by atoms with Crippen LogP contribution in [0.15, 0.2) is 42.5 Å². The zero-order valence-corrected chi connectivity index (χ0v) is 14.4. The van der Waals surface area contributed by atoms with Gasteiger partial charge in [-0.2, -0.15) is 13.2 Å². The molecule has 0 bridgehead atoms. The average molecular weight is 356 g/mol. The largest absolute Gasteiger partial charge is 0.459 e. The molecule has 0 aliphatic heterocycles. The second-order valence-electron chi connectivity index (χ2n) is 6.12.